The highest BCUT2D eigenvalue weighted by Gasteiger charge is 2.23. The molecule has 4 aromatic rings. The van der Waals surface area contributed by atoms with Gasteiger partial charge in [-0.2, -0.15) is 0 Å². The molecule has 36 heavy (non-hydrogen) atoms. The zero-order valence-electron chi connectivity index (χ0n) is 19.9. The van der Waals surface area contributed by atoms with Gasteiger partial charge in [0.1, 0.15) is 34.5 Å². The Hall–Kier alpha value is -3.95. The average molecular weight is 505 g/mol. The van der Waals surface area contributed by atoms with Gasteiger partial charge >= 0.3 is 0 Å². The Balaban J connectivity index is 1.30. The molecule has 3 heterocycles. The molecule has 5 rings (SSSR count). The first kappa shape index (κ1) is 23.8. The predicted molar refractivity (Wildman–Crippen MR) is 139 cm³/mol. The van der Waals surface area contributed by atoms with Crippen molar-refractivity contribution in [2.75, 3.05) is 41.8 Å². The third-order valence-electron chi connectivity index (χ3n) is 5.79. The smallest absolute Gasteiger partial charge is 0.261 e. The van der Waals surface area contributed by atoms with Crippen molar-refractivity contribution >= 4 is 40.5 Å². The van der Waals surface area contributed by atoms with Gasteiger partial charge in [0.05, 0.1) is 18.2 Å². The highest BCUT2D eigenvalue weighted by atomic mass is 35.5. The Morgan fingerprint density at radius 3 is 2.47 bits per heavy atom. The maximum atomic E-state index is 13.1. The molecule has 1 aliphatic rings. The summed E-state index contributed by atoms with van der Waals surface area (Å²) in [5, 5.41) is 10.8. The summed E-state index contributed by atoms with van der Waals surface area (Å²) >= 11 is 6.31. The Bertz CT molecular complexity index is 1380. The van der Waals surface area contributed by atoms with Crippen molar-refractivity contribution in [3.8, 4) is 11.3 Å². The van der Waals surface area contributed by atoms with Gasteiger partial charge in [-0.3, -0.25) is 4.79 Å². The van der Waals surface area contributed by atoms with E-state index in [4.69, 9.17) is 20.9 Å². The quantitative estimate of drug-likeness (QED) is 0.367. The van der Waals surface area contributed by atoms with E-state index in [2.05, 4.69) is 30.7 Å². The lowest BCUT2D eigenvalue weighted by atomic mass is 10.1. The van der Waals surface area contributed by atoms with Crippen LogP contribution >= 0.6 is 11.6 Å². The van der Waals surface area contributed by atoms with Gasteiger partial charge in [0.25, 0.3) is 5.91 Å². The Kier molecular flexibility index (Phi) is 6.84. The molecule has 1 amide bonds. The van der Waals surface area contributed by atoms with Gasteiger partial charge in [-0.1, -0.05) is 35.0 Å². The second-order valence-electron chi connectivity index (χ2n) is 8.36. The summed E-state index contributed by atoms with van der Waals surface area (Å²) in [6, 6.07) is 16.5. The maximum Gasteiger partial charge on any atom is 0.261 e. The molecule has 0 aliphatic carbocycles. The number of hydrogen-bond acceptors (Lipinski definition) is 8. The molecule has 0 radical (unpaired) electrons. The van der Waals surface area contributed by atoms with Crippen LogP contribution in [0.25, 0.3) is 11.3 Å². The first-order valence-corrected chi connectivity index (χ1v) is 11.9. The van der Waals surface area contributed by atoms with Crippen LogP contribution in [0.3, 0.4) is 0 Å². The zero-order valence-corrected chi connectivity index (χ0v) is 20.7. The summed E-state index contributed by atoms with van der Waals surface area (Å²) in [7, 11) is 0. The standard InChI is InChI=1S/C26H25ClN6O3/c1-16-24(25(32-36-16)20-5-3-4-6-21(20)27)26(34)31-19-9-7-18(8-10-19)30-22-15-23(29-17(2)28-22)33-11-13-35-14-12-33/h3-10,15H,11-14H2,1-2H3,(H,31,34)(H,28,29,30). The number of carbonyl (C=O) groups is 1. The van der Waals surface area contributed by atoms with Crippen LogP contribution in [-0.2, 0) is 4.74 Å². The van der Waals surface area contributed by atoms with Crippen LogP contribution in [0.2, 0.25) is 5.02 Å². The second kappa shape index (κ2) is 10.3. The van der Waals surface area contributed by atoms with E-state index in [0.717, 1.165) is 24.6 Å². The molecule has 2 aromatic heterocycles. The minimum atomic E-state index is -0.328. The number of carbonyl (C=O) groups excluding carboxylic acids is 1. The van der Waals surface area contributed by atoms with Gasteiger partial charge in [0, 0.05) is 36.1 Å². The number of halogens is 1. The molecule has 0 saturated carbocycles. The lowest BCUT2D eigenvalue weighted by molar-refractivity contribution is 0.102. The van der Waals surface area contributed by atoms with Crippen LogP contribution in [0.1, 0.15) is 21.9 Å². The van der Waals surface area contributed by atoms with E-state index in [-0.39, 0.29) is 5.91 Å². The van der Waals surface area contributed by atoms with Crippen LogP contribution in [0.4, 0.5) is 23.0 Å². The third-order valence-corrected chi connectivity index (χ3v) is 6.12. The van der Waals surface area contributed by atoms with Gasteiger partial charge in [-0.15, -0.1) is 0 Å². The first-order chi connectivity index (χ1) is 17.5. The number of aromatic nitrogens is 3. The van der Waals surface area contributed by atoms with E-state index in [1.54, 1.807) is 19.1 Å². The number of ether oxygens (including phenoxy) is 1. The van der Waals surface area contributed by atoms with E-state index in [1.165, 1.54) is 0 Å². The summed E-state index contributed by atoms with van der Waals surface area (Å²) in [4.78, 5) is 24.4. The topological polar surface area (TPSA) is 105 Å². The molecule has 0 spiro atoms. The average Bonchev–Trinajstić information content (AvgIpc) is 3.27. The summed E-state index contributed by atoms with van der Waals surface area (Å²) in [6.07, 6.45) is 0. The van der Waals surface area contributed by atoms with E-state index in [1.807, 2.05) is 49.4 Å². The van der Waals surface area contributed by atoms with Crippen LogP contribution in [0.15, 0.2) is 59.1 Å². The van der Waals surface area contributed by atoms with Crippen molar-refractivity contribution in [3.05, 3.63) is 76.8 Å². The number of amides is 1. The van der Waals surface area contributed by atoms with Crippen molar-refractivity contribution in [2.45, 2.75) is 13.8 Å². The lowest BCUT2D eigenvalue weighted by Crippen LogP contribution is -2.36. The molecule has 1 saturated heterocycles. The predicted octanol–water partition coefficient (Wildman–Crippen LogP) is 5.23. The number of rotatable bonds is 6. The Labute approximate surface area is 213 Å². The lowest BCUT2D eigenvalue weighted by Gasteiger charge is -2.28. The van der Waals surface area contributed by atoms with Gasteiger partial charge in [0.2, 0.25) is 0 Å². The van der Waals surface area contributed by atoms with Crippen molar-refractivity contribution in [1.29, 1.82) is 0 Å². The summed E-state index contributed by atoms with van der Waals surface area (Å²) in [6.45, 7) is 6.55. The molecule has 2 N–H and O–H groups in total. The van der Waals surface area contributed by atoms with Crippen LogP contribution in [0, 0.1) is 13.8 Å². The minimum absolute atomic E-state index is 0.328. The largest absolute Gasteiger partial charge is 0.378 e. The van der Waals surface area contributed by atoms with Crippen LogP contribution < -0.4 is 15.5 Å². The van der Waals surface area contributed by atoms with Gasteiger partial charge in [-0.05, 0) is 44.2 Å². The summed E-state index contributed by atoms with van der Waals surface area (Å²) < 4.78 is 10.7. The van der Waals surface area contributed by atoms with Crippen LogP contribution in [0.5, 0.6) is 0 Å². The number of anilines is 4. The van der Waals surface area contributed by atoms with E-state index in [9.17, 15) is 4.79 Å². The summed E-state index contributed by atoms with van der Waals surface area (Å²) in [5.41, 5.74) is 2.85. The maximum absolute atomic E-state index is 13.1. The Morgan fingerprint density at radius 2 is 1.72 bits per heavy atom. The van der Waals surface area contributed by atoms with Crippen molar-refractivity contribution in [2.24, 2.45) is 0 Å². The van der Waals surface area contributed by atoms with E-state index < -0.39 is 0 Å². The molecule has 2 aromatic carbocycles. The molecule has 1 aliphatic heterocycles. The molecule has 184 valence electrons. The fourth-order valence-corrected chi connectivity index (χ4v) is 4.25. The molecular weight excluding hydrogens is 480 g/mol. The van der Waals surface area contributed by atoms with Gasteiger partial charge < -0.3 is 24.8 Å². The highest BCUT2D eigenvalue weighted by Crippen LogP contribution is 2.31. The number of aryl methyl sites for hydroxylation is 2. The minimum Gasteiger partial charge on any atom is -0.378 e. The number of nitrogens with zero attached hydrogens (tertiary/aromatic N) is 4. The van der Waals surface area contributed by atoms with Crippen molar-refractivity contribution < 1.29 is 14.1 Å². The number of nitrogens with one attached hydrogen (secondary N) is 2. The molecule has 1 fully saturated rings. The van der Waals surface area contributed by atoms with E-state index in [0.29, 0.717) is 58.1 Å². The second-order valence-corrected chi connectivity index (χ2v) is 8.76. The number of hydrogen-bond donors (Lipinski definition) is 2. The zero-order chi connectivity index (χ0) is 25.1. The molecule has 0 bridgehead atoms. The summed E-state index contributed by atoms with van der Waals surface area (Å²) in [5.74, 6) is 2.34. The molecule has 0 unspecified atom stereocenters. The fraction of sp³-hybridized carbons (Fsp3) is 0.231. The Morgan fingerprint density at radius 1 is 1.00 bits per heavy atom. The fourth-order valence-electron chi connectivity index (χ4n) is 4.03. The monoisotopic (exact) mass is 504 g/mol. The SMILES string of the molecule is Cc1nc(Nc2ccc(NC(=O)c3c(-c4ccccc4Cl)noc3C)cc2)cc(N2CCOCC2)n1. The van der Waals surface area contributed by atoms with Crippen molar-refractivity contribution in [1.82, 2.24) is 15.1 Å². The third kappa shape index (κ3) is 5.17. The normalized spacial score (nSPS) is 13.5. The molecule has 0 atom stereocenters. The number of benzene rings is 2. The van der Waals surface area contributed by atoms with Crippen molar-refractivity contribution in [3.63, 3.8) is 0 Å². The molecular formula is C26H25ClN6O3. The molecule has 9 nitrogen and oxygen atoms in total. The van der Waals surface area contributed by atoms with Crippen LogP contribution in [-0.4, -0.2) is 47.3 Å². The van der Waals surface area contributed by atoms with Gasteiger partial charge in [0.15, 0.2) is 0 Å². The molecule has 10 heteroatoms. The first-order valence-electron chi connectivity index (χ1n) is 11.6. The number of morpholine rings is 1. The van der Waals surface area contributed by atoms with Gasteiger partial charge in [-0.25, -0.2) is 9.97 Å². The van der Waals surface area contributed by atoms with E-state index >= 15 is 0 Å². The highest BCUT2D eigenvalue weighted by molar-refractivity contribution is 6.33.